The number of nitrogens with one attached hydrogen (secondary N) is 2. The van der Waals surface area contributed by atoms with Gasteiger partial charge in [-0.05, 0) is 37.5 Å². The summed E-state index contributed by atoms with van der Waals surface area (Å²) in [5, 5.41) is 5.37. The number of rotatable bonds is 8. The number of hydrogen-bond acceptors (Lipinski definition) is 6. The van der Waals surface area contributed by atoms with Crippen LogP contribution in [0.1, 0.15) is 25.3 Å². The summed E-state index contributed by atoms with van der Waals surface area (Å²) in [5.41, 5.74) is 2.13. The van der Waals surface area contributed by atoms with Crippen molar-refractivity contribution in [2.24, 2.45) is 0 Å². The van der Waals surface area contributed by atoms with Crippen molar-refractivity contribution in [1.82, 2.24) is 20.4 Å². The van der Waals surface area contributed by atoms with Crippen LogP contribution in [0, 0.1) is 0 Å². The Morgan fingerprint density at radius 3 is 2.59 bits per heavy atom. The third kappa shape index (κ3) is 6.46. The number of hydrogen-bond donors (Lipinski definition) is 2. The van der Waals surface area contributed by atoms with E-state index in [1.54, 1.807) is 14.0 Å². The van der Waals surface area contributed by atoms with E-state index in [1.807, 2.05) is 29.2 Å². The summed E-state index contributed by atoms with van der Waals surface area (Å²) in [6.45, 7) is 5.41. The van der Waals surface area contributed by atoms with Gasteiger partial charge in [0, 0.05) is 44.8 Å². The molecule has 0 spiro atoms. The molecule has 9 nitrogen and oxygen atoms in total. The minimum Gasteiger partial charge on any atom is -0.497 e. The van der Waals surface area contributed by atoms with Gasteiger partial charge in [-0.25, -0.2) is 9.59 Å². The Morgan fingerprint density at radius 2 is 1.88 bits per heavy atom. The van der Waals surface area contributed by atoms with Crippen LogP contribution in [0.2, 0.25) is 0 Å². The highest BCUT2D eigenvalue weighted by molar-refractivity contribution is 5.93. The molecule has 32 heavy (non-hydrogen) atoms. The number of benzene rings is 1. The van der Waals surface area contributed by atoms with Crippen LogP contribution in [0.15, 0.2) is 35.5 Å². The zero-order chi connectivity index (χ0) is 22.9. The molecule has 1 aromatic carbocycles. The molecule has 2 aliphatic heterocycles. The predicted molar refractivity (Wildman–Crippen MR) is 119 cm³/mol. The molecule has 0 unspecified atom stereocenters. The third-order valence-corrected chi connectivity index (χ3v) is 5.69. The maximum absolute atomic E-state index is 12.7. The Labute approximate surface area is 188 Å². The molecule has 1 fully saturated rings. The largest absolute Gasteiger partial charge is 0.497 e. The van der Waals surface area contributed by atoms with Gasteiger partial charge in [-0.2, -0.15) is 0 Å². The van der Waals surface area contributed by atoms with Crippen molar-refractivity contribution in [3.63, 3.8) is 0 Å². The van der Waals surface area contributed by atoms with Crippen molar-refractivity contribution in [1.29, 1.82) is 0 Å². The van der Waals surface area contributed by atoms with E-state index in [0.29, 0.717) is 50.3 Å². The van der Waals surface area contributed by atoms with E-state index in [4.69, 9.17) is 9.47 Å². The lowest BCUT2D eigenvalue weighted by Gasteiger charge is -2.27. The van der Waals surface area contributed by atoms with Gasteiger partial charge in [0.25, 0.3) is 0 Å². The van der Waals surface area contributed by atoms with E-state index < -0.39 is 5.97 Å². The Morgan fingerprint density at radius 1 is 1.09 bits per heavy atom. The van der Waals surface area contributed by atoms with Gasteiger partial charge < -0.3 is 25.0 Å². The maximum atomic E-state index is 12.7. The first-order valence-corrected chi connectivity index (χ1v) is 11.1. The van der Waals surface area contributed by atoms with E-state index >= 15 is 0 Å². The lowest BCUT2D eigenvalue weighted by atomic mass is 10.1. The Bertz CT molecular complexity index is 852. The average molecular weight is 445 g/mol. The highest BCUT2D eigenvalue weighted by atomic mass is 16.5. The summed E-state index contributed by atoms with van der Waals surface area (Å²) in [5.74, 6) is 0.531. The van der Waals surface area contributed by atoms with Crippen molar-refractivity contribution in [3.8, 4) is 5.75 Å². The Kier molecular flexibility index (Phi) is 8.49. The quantitative estimate of drug-likeness (QED) is 0.586. The minimum absolute atomic E-state index is 0.143. The highest BCUT2D eigenvalue weighted by Gasteiger charge is 2.26. The number of aryl methyl sites for hydroxylation is 1. The van der Waals surface area contributed by atoms with Gasteiger partial charge in [0.2, 0.25) is 5.91 Å². The molecule has 0 aromatic heterocycles. The Hall–Kier alpha value is -3.07. The molecule has 0 aliphatic carbocycles. The summed E-state index contributed by atoms with van der Waals surface area (Å²) >= 11 is 0. The van der Waals surface area contributed by atoms with Gasteiger partial charge in [0.15, 0.2) is 0 Å². The zero-order valence-corrected chi connectivity index (χ0v) is 18.8. The molecule has 9 heteroatoms. The van der Waals surface area contributed by atoms with Crippen molar-refractivity contribution >= 4 is 17.9 Å². The van der Waals surface area contributed by atoms with Gasteiger partial charge in [-0.15, -0.1) is 0 Å². The SMILES string of the molecule is CCOC(=O)C1=C(CN2CCCN(C(=O)CCc3ccc(OC)cc3)CC2)NC(=O)NC1. The summed E-state index contributed by atoms with van der Waals surface area (Å²) in [6, 6.07) is 7.46. The van der Waals surface area contributed by atoms with Crippen LogP contribution in [0.5, 0.6) is 5.75 Å². The second-order valence-electron chi connectivity index (χ2n) is 7.84. The van der Waals surface area contributed by atoms with Gasteiger partial charge in [-0.1, -0.05) is 12.1 Å². The first kappa shape index (κ1) is 23.6. The van der Waals surface area contributed by atoms with Crippen LogP contribution in [-0.4, -0.2) is 80.7 Å². The molecule has 0 bridgehead atoms. The number of carbonyl (C=O) groups excluding carboxylic acids is 3. The fourth-order valence-corrected chi connectivity index (χ4v) is 3.88. The topological polar surface area (TPSA) is 100 Å². The molecule has 0 atom stereocenters. The normalized spacial score (nSPS) is 17.3. The number of urea groups is 1. The van der Waals surface area contributed by atoms with Crippen molar-refractivity contribution in [2.75, 3.05) is 53.0 Å². The number of amides is 3. The van der Waals surface area contributed by atoms with Gasteiger partial charge in [-0.3, -0.25) is 9.69 Å². The first-order chi connectivity index (χ1) is 15.5. The lowest BCUT2D eigenvalue weighted by molar-refractivity contribution is -0.138. The smallest absolute Gasteiger partial charge is 0.337 e. The molecule has 1 saturated heterocycles. The minimum atomic E-state index is -0.417. The maximum Gasteiger partial charge on any atom is 0.337 e. The van der Waals surface area contributed by atoms with Crippen LogP contribution in [0.25, 0.3) is 0 Å². The molecule has 0 saturated carbocycles. The van der Waals surface area contributed by atoms with Gasteiger partial charge in [0.1, 0.15) is 5.75 Å². The zero-order valence-electron chi connectivity index (χ0n) is 18.8. The van der Waals surface area contributed by atoms with E-state index in [0.717, 1.165) is 24.3 Å². The van der Waals surface area contributed by atoms with Crippen LogP contribution >= 0.6 is 0 Å². The predicted octanol–water partition coefficient (Wildman–Crippen LogP) is 1.29. The van der Waals surface area contributed by atoms with E-state index in [-0.39, 0.29) is 25.1 Å². The molecule has 1 aromatic rings. The van der Waals surface area contributed by atoms with Gasteiger partial charge >= 0.3 is 12.0 Å². The number of esters is 1. The molecule has 2 aliphatic rings. The van der Waals surface area contributed by atoms with Crippen LogP contribution < -0.4 is 15.4 Å². The monoisotopic (exact) mass is 444 g/mol. The molecule has 2 heterocycles. The van der Waals surface area contributed by atoms with Crippen LogP contribution in [0.4, 0.5) is 4.79 Å². The molecular weight excluding hydrogens is 412 g/mol. The number of ether oxygens (including phenoxy) is 2. The van der Waals surface area contributed by atoms with Crippen LogP contribution in [0.3, 0.4) is 0 Å². The Balaban J connectivity index is 1.53. The van der Waals surface area contributed by atoms with Crippen molar-refractivity contribution < 1.29 is 23.9 Å². The summed E-state index contributed by atoms with van der Waals surface area (Å²) < 4.78 is 10.3. The molecule has 2 N–H and O–H groups in total. The summed E-state index contributed by atoms with van der Waals surface area (Å²) in [7, 11) is 1.63. The van der Waals surface area contributed by atoms with E-state index in [1.165, 1.54) is 0 Å². The van der Waals surface area contributed by atoms with Crippen molar-refractivity contribution in [3.05, 3.63) is 41.1 Å². The molecular formula is C23H32N4O5. The van der Waals surface area contributed by atoms with Crippen molar-refractivity contribution in [2.45, 2.75) is 26.2 Å². The standard InChI is InChI=1S/C23H32N4O5/c1-3-32-22(29)19-15-24-23(30)25-20(19)16-26-11-4-12-27(14-13-26)21(28)10-7-17-5-8-18(31-2)9-6-17/h5-6,8-9H,3-4,7,10-16H2,1-2H3,(H2,24,25,30). The molecule has 3 rings (SSSR count). The molecule has 3 amide bonds. The second kappa shape index (κ2) is 11.5. The fourth-order valence-electron chi connectivity index (χ4n) is 3.88. The summed E-state index contributed by atoms with van der Waals surface area (Å²) in [4.78, 5) is 40.8. The van der Waals surface area contributed by atoms with Gasteiger partial charge in [0.05, 0.1) is 25.8 Å². The van der Waals surface area contributed by atoms with Crippen LogP contribution in [-0.2, 0) is 20.7 Å². The molecule has 0 radical (unpaired) electrons. The van der Waals surface area contributed by atoms with E-state index in [9.17, 15) is 14.4 Å². The first-order valence-electron chi connectivity index (χ1n) is 11.1. The average Bonchev–Trinajstić information content (AvgIpc) is 3.03. The fraction of sp³-hybridized carbons (Fsp3) is 0.522. The molecule has 174 valence electrons. The lowest BCUT2D eigenvalue weighted by Crippen LogP contribution is -2.47. The summed E-state index contributed by atoms with van der Waals surface area (Å²) in [6.07, 6.45) is 1.99. The number of methoxy groups -OCH3 is 1. The number of carbonyl (C=O) groups is 3. The number of nitrogens with zero attached hydrogens (tertiary/aromatic N) is 2. The van der Waals surface area contributed by atoms with E-state index in [2.05, 4.69) is 15.5 Å². The third-order valence-electron chi connectivity index (χ3n) is 5.69. The highest BCUT2D eigenvalue weighted by Crippen LogP contribution is 2.15. The second-order valence-corrected chi connectivity index (χ2v) is 7.84.